The molecule has 0 fully saturated rings. The molecule has 0 aliphatic heterocycles. The molecule has 7 nitrogen and oxygen atoms in total. The molecular weight excluding hydrogens is 508 g/mol. The van der Waals surface area contributed by atoms with Gasteiger partial charge in [-0.25, -0.2) is 0 Å². The van der Waals surface area contributed by atoms with Crippen molar-refractivity contribution in [2.24, 2.45) is 22.7 Å². The van der Waals surface area contributed by atoms with Gasteiger partial charge in [-0.15, -0.1) is 0 Å². The molecule has 40 heavy (non-hydrogen) atoms. The zero-order valence-electron chi connectivity index (χ0n) is 23.8. The maximum atomic E-state index is 14.2. The lowest BCUT2D eigenvalue weighted by Crippen LogP contribution is -2.67. The first-order valence-corrected chi connectivity index (χ1v) is 13.7. The van der Waals surface area contributed by atoms with Crippen LogP contribution in [0.3, 0.4) is 0 Å². The number of Topliss-reactive ketones (excluding diaryl/α,β-unsaturated/α-hetero) is 3. The zero-order chi connectivity index (χ0) is 29.4. The van der Waals surface area contributed by atoms with Crippen molar-refractivity contribution in [3.05, 3.63) is 87.4 Å². The molecule has 7 heteroatoms. The van der Waals surface area contributed by atoms with Crippen molar-refractivity contribution in [1.82, 2.24) is 0 Å². The van der Waals surface area contributed by atoms with Gasteiger partial charge in [-0.05, 0) is 55.4 Å². The number of ketones is 3. The monoisotopic (exact) mass is 544 g/mol. The number of rotatable bonds is 5. The van der Waals surface area contributed by atoms with Crippen LogP contribution in [-0.4, -0.2) is 38.3 Å². The Kier molecular flexibility index (Phi) is 6.38. The maximum absolute atomic E-state index is 14.2. The van der Waals surface area contributed by atoms with Gasteiger partial charge in [0.1, 0.15) is 29.4 Å². The lowest BCUT2D eigenvalue weighted by Gasteiger charge is -2.60. The van der Waals surface area contributed by atoms with Crippen LogP contribution in [0.4, 0.5) is 0 Å². The first-order chi connectivity index (χ1) is 18.7. The third-order valence-electron chi connectivity index (χ3n) is 9.34. The number of carbonyl (C=O) groups is 3. The van der Waals surface area contributed by atoms with Gasteiger partial charge >= 0.3 is 0 Å². The summed E-state index contributed by atoms with van der Waals surface area (Å²) >= 11 is 0. The van der Waals surface area contributed by atoms with Crippen molar-refractivity contribution >= 4 is 17.3 Å². The molecule has 210 valence electrons. The second-order valence-corrected chi connectivity index (χ2v) is 12.5. The minimum Gasteiger partial charge on any atom is -0.508 e. The molecule has 3 N–H and O–H groups in total. The first-order valence-electron chi connectivity index (χ1n) is 13.7. The van der Waals surface area contributed by atoms with E-state index in [2.05, 4.69) is 0 Å². The normalized spacial score (nSPS) is 29.8. The molecule has 0 radical (unpaired) electrons. The third-order valence-corrected chi connectivity index (χ3v) is 9.34. The molecule has 3 aliphatic carbocycles. The molecule has 0 spiro atoms. The van der Waals surface area contributed by atoms with Crippen LogP contribution >= 0.6 is 0 Å². The largest absolute Gasteiger partial charge is 0.508 e. The molecular formula is C33H36O7. The van der Waals surface area contributed by atoms with Crippen molar-refractivity contribution in [2.75, 3.05) is 0 Å². The van der Waals surface area contributed by atoms with Crippen LogP contribution in [0.2, 0.25) is 0 Å². The van der Waals surface area contributed by atoms with Gasteiger partial charge in [-0.3, -0.25) is 14.4 Å². The molecule has 0 aromatic heterocycles. The van der Waals surface area contributed by atoms with Gasteiger partial charge in [0.2, 0.25) is 5.78 Å². The van der Waals surface area contributed by atoms with Crippen LogP contribution in [0, 0.1) is 29.6 Å². The molecule has 2 aromatic rings. The lowest BCUT2D eigenvalue weighted by molar-refractivity contribution is -0.173. The first kappa shape index (κ1) is 27.8. The second-order valence-electron chi connectivity index (χ2n) is 12.5. The second kappa shape index (κ2) is 9.16. The Morgan fingerprint density at radius 2 is 1.73 bits per heavy atom. The van der Waals surface area contributed by atoms with Gasteiger partial charge in [0.05, 0.1) is 5.56 Å². The fourth-order valence-corrected chi connectivity index (χ4v) is 7.74. The number of ether oxygens (including phenoxy) is 1. The average molecular weight is 545 g/mol. The van der Waals surface area contributed by atoms with Crippen molar-refractivity contribution in [1.29, 1.82) is 0 Å². The van der Waals surface area contributed by atoms with Gasteiger partial charge in [-0.1, -0.05) is 64.1 Å². The summed E-state index contributed by atoms with van der Waals surface area (Å²) in [4.78, 5) is 41.2. The summed E-state index contributed by atoms with van der Waals surface area (Å²) in [6, 6.07) is 12.6. The van der Waals surface area contributed by atoms with Crippen LogP contribution in [0.15, 0.2) is 65.1 Å². The fourth-order valence-electron chi connectivity index (χ4n) is 7.74. The summed E-state index contributed by atoms with van der Waals surface area (Å²) in [5.41, 5.74) is -2.77. The molecule has 0 amide bonds. The van der Waals surface area contributed by atoms with Gasteiger partial charge in [0.25, 0.3) is 0 Å². The van der Waals surface area contributed by atoms with Gasteiger partial charge < -0.3 is 20.1 Å². The highest BCUT2D eigenvalue weighted by Crippen LogP contribution is 2.65. The number of allylic oxidation sites excluding steroid dienone is 2. The summed E-state index contributed by atoms with van der Waals surface area (Å²) in [5, 5.41) is 34.8. The Balaban J connectivity index is 1.76. The zero-order valence-corrected chi connectivity index (χ0v) is 23.8. The Morgan fingerprint density at radius 3 is 2.33 bits per heavy atom. The van der Waals surface area contributed by atoms with E-state index in [-0.39, 0.29) is 47.2 Å². The lowest BCUT2D eigenvalue weighted by atomic mass is 9.44. The number of hydrogen-bond donors (Lipinski definition) is 3. The molecule has 0 saturated heterocycles. The molecule has 2 aromatic carbocycles. The van der Waals surface area contributed by atoms with E-state index in [1.165, 1.54) is 13.0 Å². The fraction of sp³-hybridized carbons (Fsp3) is 0.424. The number of aliphatic hydroxyl groups excluding tert-OH is 1. The Morgan fingerprint density at radius 1 is 1.07 bits per heavy atom. The predicted octanol–water partition coefficient (Wildman–Crippen LogP) is 5.31. The predicted molar refractivity (Wildman–Crippen MR) is 149 cm³/mol. The number of phenolic OH excluding ortho intramolecular Hbond substituents is 1. The maximum Gasteiger partial charge on any atom is 0.209 e. The van der Waals surface area contributed by atoms with Crippen LogP contribution in [0.5, 0.6) is 5.75 Å². The Labute approximate surface area is 234 Å². The number of phenols is 1. The number of fused-ring (bicyclic) bond motifs is 3. The van der Waals surface area contributed by atoms with E-state index in [0.717, 1.165) is 11.1 Å². The average Bonchev–Trinajstić information content (AvgIpc) is 2.87. The molecule has 4 atom stereocenters. The molecule has 0 heterocycles. The van der Waals surface area contributed by atoms with E-state index in [4.69, 9.17) is 4.74 Å². The number of aliphatic hydroxyl groups is 2. The SMILES string of the molecule is CC(=O)C1=C(OCc2ccccc2)C(C(C)C)[C@@]2(C)C[C@@]3(C)Cc4c(C)ccc(O)c4C(=O)C3=C(O)[C@@]2(O)C1=O. The Hall–Kier alpha value is -3.71. The number of carbonyl (C=O) groups excluding carboxylic acids is 3. The summed E-state index contributed by atoms with van der Waals surface area (Å²) < 4.78 is 6.29. The van der Waals surface area contributed by atoms with Crippen LogP contribution in [-0.2, 0) is 27.4 Å². The number of aromatic hydroxyl groups is 1. The quantitative estimate of drug-likeness (QED) is 0.436. The molecule has 0 saturated carbocycles. The van der Waals surface area contributed by atoms with E-state index in [1.54, 1.807) is 13.0 Å². The summed E-state index contributed by atoms with van der Waals surface area (Å²) in [6.45, 7) is 10.7. The van der Waals surface area contributed by atoms with Crippen LogP contribution < -0.4 is 0 Å². The van der Waals surface area contributed by atoms with E-state index in [0.29, 0.717) is 12.0 Å². The van der Waals surface area contributed by atoms with Gasteiger partial charge in [0, 0.05) is 22.3 Å². The third kappa shape index (κ3) is 3.63. The van der Waals surface area contributed by atoms with Gasteiger partial charge in [-0.2, -0.15) is 0 Å². The van der Waals surface area contributed by atoms with Crippen LogP contribution in [0.1, 0.15) is 68.1 Å². The van der Waals surface area contributed by atoms with Crippen molar-refractivity contribution in [3.8, 4) is 5.75 Å². The number of hydrogen-bond acceptors (Lipinski definition) is 7. The van der Waals surface area contributed by atoms with Gasteiger partial charge in [0.15, 0.2) is 17.2 Å². The van der Waals surface area contributed by atoms with Crippen molar-refractivity contribution in [2.45, 2.75) is 66.6 Å². The van der Waals surface area contributed by atoms with E-state index in [1.807, 2.05) is 58.0 Å². The number of aryl methyl sites for hydroxylation is 1. The summed E-state index contributed by atoms with van der Waals surface area (Å²) in [6.07, 6.45) is 0.482. The highest BCUT2D eigenvalue weighted by molar-refractivity contribution is 6.25. The molecule has 0 bridgehead atoms. The molecule has 5 rings (SSSR count). The Bertz CT molecular complexity index is 1510. The van der Waals surface area contributed by atoms with Crippen molar-refractivity contribution in [3.63, 3.8) is 0 Å². The topological polar surface area (TPSA) is 121 Å². The molecule has 3 aliphatic rings. The highest BCUT2D eigenvalue weighted by atomic mass is 16.5. The standard InChI is InChI=1S/C33H36O7/c1-17(2)25-28(40-15-20-10-8-7-9-11-20)23(19(4)34)29(37)33(39)30(38)26-27(36)24-21(18(3)12-13-22(24)35)14-31(26,5)16-32(25,33)6/h7-13,17,25,35,38-39H,14-16H2,1-6H3/t25?,31-,32-,33+/m1/s1. The summed E-state index contributed by atoms with van der Waals surface area (Å²) in [7, 11) is 0. The minimum absolute atomic E-state index is 0.0733. The van der Waals surface area contributed by atoms with E-state index >= 15 is 0 Å². The smallest absolute Gasteiger partial charge is 0.209 e. The molecule has 1 unspecified atom stereocenters. The highest BCUT2D eigenvalue weighted by Gasteiger charge is 2.71. The van der Waals surface area contributed by atoms with Crippen molar-refractivity contribution < 1.29 is 34.4 Å². The minimum atomic E-state index is -2.54. The van der Waals surface area contributed by atoms with E-state index in [9.17, 15) is 29.7 Å². The summed E-state index contributed by atoms with van der Waals surface area (Å²) in [5.74, 6) is -3.78. The van der Waals surface area contributed by atoms with E-state index < -0.39 is 45.5 Å². The van der Waals surface area contributed by atoms with Crippen LogP contribution in [0.25, 0.3) is 0 Å². The number of benzene rings is 2.